The molecule has 1 N–H and O–H groups in total. The van der Waals surface area contributed by atoms with Crippen molar-refractivity contribution in [2.45, 2.75) is 57.6 Å². The second-order valence-corrected chi connectivity index (χ2v) is 9.28. The van der Waals surface area contributed by atoms with Crippen LogP contribution < -0.4 is 10.3 Å². The molecule has 0 radical (unpaired) electrons. The van der Waals surface area contributed by atoms with E-state index >= 15 is 0 Å². The zero-order valence-corrected chi connectivity index (χ0v) is 18.4. The normalized spacial score (nSPS) is 21.6. The topological polar surface area (TPSA) is 60.3 Å². The Labute approximate surface area is 176 Å². The first kappa shape index (κ1) is 21.9. The molecule has 1 aromatic heterocycles. The van der Waals surface area contributed by atoms with Crippen LogP contribution >= 0.6 is 0 Å². The Morgan fingerprint density at radius 2 is 1.86 bits per heavy atom. The van der Waals surface area contributed by atoms with Gasteiger partial charge in [0.2, 0.25) is 0 Å². The average molecular weight is 417 g/mol. The van der Waals surface area contributed by atoms with Crippen LogP contribution in [0.4, 0.5) is 0 Å². The van der Waals surface area contributed by atoms with E-state index in [1.807, 2.05) is 26.1 Å². The molecule has 0 aliphatic heterocycles. The molecule has 1 aliphatic rings. The number of rotatable bonds is 8. The number of ether oxygens (including phenoxy) is 1. The zero-order valence-electron chi connectivity index (χ0n) is 17.6. The summed E-state index contributed by atoms with van der Waals surface area (Å²) in [5.74, 6) is 0.609. The van der Waals surface area contributed by atoms with Gasteiger partial charge in [-0.1, -0.05) is 30.3 Å². The number of nitrogens with zero attached hydrogens (tertiary/aromatic N) is 1. The lowest BCUT2D eigenvalue weighted by atomic mass is 9.83. The van der Waals surface area contributed by atoms with Crippen molar-refractivity contribution in [2.24, 2.45) is 0 Å². The minimum absolute atomic E-state index is 0.0133. The van der Waals surface area contributed by atoms with Crippen molar-refractivity contribution < 1.29 is 8.95 Å². The summed E-state index contributed by atoms with van der Waals surface area (Å²) >= 11 is 0. The molecule has 2 atom stereocenters. The van der Waals surface area contributed by atoms with Gasteiger partial charge in [-0.05, 0) is 62.6 Å². The van der Waals surface area contributed by atoms with Crippen LogP contribution in [-0.2, 0) is 15.7 Å². The summed E-state index contributed by atoms with van der Waals surface area (Å²) in [5, 5.41) is 0. The van der Waals surface area contributed by atoms with E-state index in [1.54, 1.807) is 10.8 Å². The fourth-order valence-electron chi connectivity index (χ4n) is 4.18. The molecule has 158 valence electrons. The molecule has 1 saturated carbocycles. The molecule has 5 nitrogen and oxygen atoms in total. The summed E-state index contributed by atoms with van der Waals surface area (Å²) in [7, 11) is -1.13. The van der Waals surface area contributed by atoms with Crippen molar-refractivity contribution >= 4 is 11.0 Å². The molecule has 1 aliphatic carbocycles. The number of hydrogen-bond acceptors (Lipinski definition) is 3. The molecule has 1 aromatic carbocycles. The monoisotopic (exact) mass is 416 g/mol. The average Bonchev–Trinajstić information content (AvgIpc) is 2.72. The Morgan fingerprint density at radius 1 is 1.17 bits per heavy atom. The van der Waals surface area contributed by atoms with Crippen molar-refractivity contribution in [1.82, 2.24) is 9.29 Å². The highest BCUT2D eigenvalue weighted by molar-refractivity contribution is 7.82. The minimum Gasteiger partial charge on any atom is -0.376 e. The van der Waals surface area contributed by atoms with Gasteiger partial charge in [0.25, 0.3) is 5.56 Å². The van der Waals surface area contributed by atoms with Gasteiger partial charge in [0, 0.05) is 24.6 Å². The lowest BCUT2D eigenvalue weighted by Gasteiger charge is -2.30. The number of nitrogens with one attached hydrogen (secondary N) is 1. The Bertz CT molecular complexity index is 873. The molecule has 0 bridgehead atoms. The van der Waals surface area contributed by atoms with Crippen molar-refractivity contribution in [3.8, 4) is 0 Å². The van der Waals surface area contributed by atoms with Gasteiger partial charge in [-0.25, -0.2) is 8.93 Å². The van der Waals surface area contributed by atoms with Gasteiger partial charge in [-0.2, -0.15) is 0 Å². The third-order valence-electron chi connectivity index (χ3n) is 5.74. The summed E-state index contributed by atoms with van der Waals surface area (Å²) in [6.45, 7) is 4.69. The van der Waals surface area contributed by atoms with E-state index in [0.29, 0.717) is 19.1 Å². The molecule has 29 heavy (non-hydrogen) atoms. The molecule has 0 amide bonds. The third-order valence-corrected chi connectivity index (χ3v) is 6.32. The van der Waals surface area contributed by atoms with Crippen molar-refractivity contribution in [3.05, 3.63) is 69.6 Å². The Hall–Kier alpha value is -1.76. The molecule has 3 rings (SSSR count). The standard InChI is InChI=1S/C23H32N2O3S/c1-17-13-18(2)23(26)25(15-17)21(14-24-29(3)27)16-28-22-11-9-20(10-12-22)19-7-5-4-6-8-19/h4-8,13,15,20-22,24H,9-12,14,16H2,1-3H3. The summed E-state index contributed by atoms with van der Waals surface area (Å²) in [6, 6.07) is 12.4. The summed E-state index contributed by atoms with van der Waals surface area (Å²) in [5.41, 5.74) is 3.16. The van der Waals surface area contributed by atoms with Crippen LogP contribution in [0.1, 0.15) is 54.3 Å². The lowest BCUT2D eigenvalue weighted by molar-refractivity contribution is 0.00736. The van der Waals surface area contributed by atoms with Gasteiger partial charge in [0.1, 0.15) is 0 Å². The van der Waals surface area contributed by atoms with Gasteiger partial charge in [0.05, 0.1) is 29.7 Å². The van der Waals surface area contributed by atoms with Crippen LogP contribution in [0, 0.1) is 13.8 Å². The molecule has 2 unspecified atom stereocenters. The fraction of sp³-hybridized carbons (Fsp3) is 0.522. The van der Waals surface area contributed by atoms with E-state index in [0.717, 1.165) is 36.8 Å². The number of aromatic nitrogens is 1. The van der Waals surface area contributed by atoms with E-state index in [9.17, 15) is 9.00 Å². The Kier molecular flexibility index (Phi) is 7.81. The maximum Gasteiger partial charge on any atom is 0.253 e. The summed E-state index contributed by atoms with van der Waals surface area (Å²) < 4.78 is 22.5. The molecule has 0 saturated heterocycles. The molecule has 1 heterocycles. The van der Waals surface area contributed by atoms with E-state index in [2.05, 4.69) is 35.1 Å². The molecule has 0 spiro atoms. The van der Waals surface area contributed by atoms with Crippen LogP contribution in [0.5, 0.6) is 0 Å². The molecular formula is C23H32N2O3S. The number of hydrogen-bond donors (Lipinski definition) is 1. The van der Waals surface area contributed by atoms with Gasteiger partial charge in [-0.3, -0.25) is 4.79 Å². The maximum absolute atomic E-state index is 12.7. The summed E-state index contributed by atoms with van der Waals surface area (Å²) in [4.78, 5) is 12.7. The second-order valence-electron chi connectivity index (χ2n) is 8.09. The molecule has 2 aromatic rings. The Morgan fingerprint density at radius 3 is 2.52 bits per heavy atom. The third kappa shape index (κ3) is 6.11. The predicted octanol–water partition coefficient (Wildman–Crippen LogP) is 3.63. The highest BCUT2D eigenvalue weighted by Crippen LogP contribution is 2.34. The van der Waals surface area contributed by atoms with E-state index in [1.165, 1.54) is 5.56 Å². The lowest BCUT2D eigenvalue weighted by Crippen LogP contribution is -2.37. The van der Waals surface area contributed by atoms with E-state index in [4.69, 9.17) is 4.74 Å². The van der Waals surface area contributed by atoms with Crippen LogP contribution in [0.3, 0.4) is 0 Å². The number of pyridine rings is 1. The smallest absolute Gasteiger partial charge is 0.253 e. The van der Waals surface area contributed by atoms with Crippen LogP contribution in [0.2, 0.25) is 0 Å². The van der Waals surface area contributed by atoms with Crippen LogP contribution in [-0.4, -0.2) is 34.3 Å². The maximum atomic E-state index is 12.7. The first-order chi connectivity index (χ1) is 13.9. The van der Waals surface area contributed by atoms with Gasteiger partial charge in [0.15, 0.2) is 0 Å². The second kappa shape index (κ2) is 10.3. The van der Waals surface area contributed by atoms with Gasteiger partial charge < -0.3 is 9.30 Å². The van der Waals surface area contributed by atoms with Crippen molar-refractivity contribution in [3.63, 3.8) is 0 Å². The Balaban J connectivity index is 1.62. The van der Waals surface area contributed by atoms with Gasteiger partial charge in [-0.15, -0.1) is 0 Å². The highest BCUT2D eigenvalue weighted by Gasteiger charge is 2.24. The van der Waals surface area contributed by atoms with Crippen LogP contribution in [0.15, 0.2) is 47.4 Å². The predicted molar refractivity (Wildman–Crippen MR) is 119 cm³/mol. The van der Waals surface area contributed by atoms with Crippen molar-refractivity contribution in [2.75, 3.05) is 19.4 Å². The first-order valence-corrected chi connectivity index (χ1v) is 11.9. The molecule has 1 fully saturated rings. The SMILES string of the molecule is Cc1cc(C)c(=O)n(C(CNS(C)=O)COC2CCC(c3ccccc3)CC2)c1. The first-order valence-electron chi connectivity index (χ1n) is 10.4. The highest BCUT2D eigenvalue weighted by atomic mass is 32.2. The minimum atomic E-state index is -1.13. The molecule has 6 heteroatoms. The fourth-order valence-corrected chi connectivity index (χ4v) is 4.61. The van der Waals surface area contributed by atoms with E-state index in [-0.39, 0.29) is 17.7 Å². The summed E-state index contributed by atoms with van der Waals surface area (Å²) in [6.07, 6.45) is 8.00. The zero-order chi connectivity index (χ0) is 20.8. The van der Waals surface area contributed by atoms with Crippen molar-refractivity contribution in [1.29, 1.82) is 0 Å². The van der Waals surface area contributed by atoms with E-state index < -0.39 is 11.0 Å². The quantitative estimate of drug-likeness (QED) is 0.715. The number of aryl methyl sites for hydroxylation is 2. The van der Waals surface area contributed by atoms with Gasteiger partial charge >= 0.3 is 0 Å². The van der Waals surface area contributed by atoms with Crippen LogP contribution in [0.25, 0.3) is 0 Å². The molecular weight excluding hydrogens is 384 g/mol. The largest absolute Gasteiger partial charge is 0.376 e. The number of benzene rings is 1.